The lowest BCUT2D eigenvalue weighted by atomic mass is 9.93. The van der Waals surface area contributed by atoms with Crippen LogP contribution in [0.1, 0.15) is 38.1 Å². The summed E-state index contributed by atoms with van der Waals surface area (Å²) in [6.45, 7) is 4.89. The zero-order chi connectivity index (χ0) is 11.9. The minimum atomic E-state index is 0.233. The summed E-state index contributed by atoms with van der Waals surface area (Å²) in [5.74, 6) is 1.40. The molecule has 0 bridgehead atoms. The molecule has 0 amide bonds. The quantitative estimate of drug-likeness (QED) is 0.847. The number of hydrogen-bond acceptors (Lipinski definition) is 4. The maximum Gasteiger partial charge on any atom is 0.145 e. The molecule has 1 aliphatic heterocycles. The van der Waals surface area contributed by atoms with E-state index in [0.717, 1.165) is 38.4 Å². The Morgan fingerprint density at radius 1 is 1.47 bits per heavy atom. The minimum absolute atomic E-state index is 0.233. The maximum absolute atomic E-state index is 5.57. The molecule has 1 fully saturated rings. The largest absolute Gasteiger partial charge is 0.381 e. The van der Waals surface area contributed by atoms with Gasteiger partial charge in [-0.1, -0.05) is 6.92 Å². The number of ether oxygens (including phenoxy) is 1. The molecule has 2 unspecified atom stereocenters. The molecular formula is C13H21N3O. The summed E-state index contributed by atoms with van der Waals surface area (Å²) >= 11 is 0. The molecule has 0 radical (unpaired) electrons. The van der Waals surface area contributed by atoms with E-state index in [2.05, 4.69) is 22.2 Å². The normalized spacial score (nSPS) is 22.3. The van der Waals surface area contributed by atoms with Gasteiger partial charge in [-0.3, -0.25) is 0 Å². The van der Waals surface area contributed by atoms with E-state index < -0.39 is 0 Å². The Kier molecular flexibility index (Phi) is 4.88. The molecular weight excluding hydrogens is 214 g/mol. The van der Waals surface area contributed by atoms with E-state index in [-0.39, 0.29) is 6.04 Å². The van der Waals surface area contributed by atoms with Gasteiger partial charge >= 0.3 is 0 Å². The monoisotopic (exact) mass is 235 g/mol. The number of hydrogen-bond donors (Lipinski definition) is 1. The molecule has 4 heteroatoms. The molecule has 2 atom stereocenters. The van der Waals surface area contributed by atoms with Gasteiger partial charge in [-0.05, 0) is 31.9 Å². The van der Waals surface area contributed by atoms with Gasteiger partial charge in [0.1, 0.15) is 5.82 Å². The van der Waals surface area contributed by atoms with Crippen LogP contribution in [0.3, 0.4) is 0 Å². The highest BCUT2D eigenvalue weighted by molar-refractivity contribution is 4.99. The molecule has 0 saturated carbocycles. The van der Waals surface area contributed by atoms with Crippen LogP contribution in [0, 0.1) is 5.92 Å². The summed E-state index contributed by atoms with van der Waals surface area (Å²) < 4.78 is 5.57. The van der Waals surface area contributed by atoms with E-state index >= 15 is 0 Å². The lowest BCUT2D eigenvalue weighted by molar-refractivity contribution is 0.0377. The van der Waals surface area contributed by atoms with Crippen molar-refractivity contribution < 1.29 is 4.74 Å². The summed E-state index contributed by atoms with van der Waals surface area (Å²) in [6.07, 6.45) is 7.08. The molecule has 2 rings (SSSR count). The molecule has 4 nitrogen and oxygen atoms in total. The second kappa shape index (κ2) is 6.67. The third-order valence-electron chi connectivity index (χ3n) is 3.15. The summed E-state index contributed by atoms with van der Waals surface area (Å²) in [7, 11) is 0. The SMILES string of the molecule is CCCNC(c1ncccn1)C1CCCOC1. The van der Waals surface area contributed by atoms with E-state index in [0.29, 0.717) is 5.92 Å². The van der Waals surface area contributed by atoms with Crippen molar-refractivity contribution in [3.05, 3.63) is 24.3 Å². The van der Waals surface area contributed by atoms with Crippen molar-refractivity contribution in [3.63, 3.8) is 0 Å². The summed E-state index contributed by atoms with van der Waals surface area (Å²) in [4.78, 5) is 8.76. The van der Waals surface area contributed by atoms with Crippen molar-refractivity contribution in [2.75, 3.05) is 19.8 Å². The second-order valence-corrected chi connectivity index (χ2v) is 4.52. The molecule has 0 spiro atoms. The Morgan fingerprint density at radius 3 is 2.94 bits per heavy atom. The van der Waals surface area contributed by atoms with Gasteiger partial charge in [-0.2, -0.15) is 0 Å². The first-order valence-electron chi connectivity index (χ1n) is 6.50. The standard InChI is InChI=1S/C13H21N3O/c1-2-6-14-12(11-5-3-9-17-10-11)13-15-7-4-8-16-13/h4,7-8,11-12,14H,2-3,5-6,9-10H2,1H3. The molecule has 17 heavy (non-hydrogen) atoms. The van der Waals surface area contributed by atoms with Crippen LogP contribution in [0.4, 0.5) is 0 Å². The van der Waals surface area contributed by atoms with Crippen LogP contribution >= 0.6 is 0 Å². The maximum atomic E-state index is 5.57. The topological polar surface area (TPSA) is 47.0 Å². The summed E-state index contributed by atoms with van der Waals surface area (Å²) in [6, 6.07) is 2.09. The second-order valence-electron chi connectivity index (χ2n) is 4.52. The van der Waals surface area contributed by atoms with Gasteiger partial charge in [0.05, 0.1) is 12.6 Å². The van der Waals surface area contributed by atoms with E-state index in [4.69, 9.17) is 4.74 Å². The van der Waals surface area contributed by atoms with Crippen molar-refractivity contribution in [1.82, 2.24) is 15.3 Å². The average molecular weight is 235 g/mol. The number of aromatic nitrogens is 2. The zero-order valence-corrected chi connectivity index (χ0v) is 10.4. The predicted octanol–water partition coefficient (Wildman–Crippen LogP) is 1.94. The van der Waals surface area contributed by atoms with Crippen LogP contribution in [-0.4, -0.2) is 29.7 Å². The van der Waals surface area contributed by atoms with Crippen molar-refractivity contribution in [2.24, 2.45) is 5.92 Å². The zero-order valence-electron chi connectivity index (χ0n) is 10.4. The van der Waals surface area contributed by atoms with Gasteiger partial charge in [0.25, 0.3) is 0 Å². The number of nitrogens with one attached hydrogen (secondary N) is 1. The van der Waals surface area contributed by atoms with Gasteiger partial charge in [0.2, 0.25) is 0 Å². The van der Waals surface area contributed by atoms with Crippen molar-refractivity contribution >= 4 is 0 Å². The summed E-state index contributed by atoms with van der Waals surface area (Å²) in [5, 5.41) is 3.55. The Balaban J connectivity index is 2.06. The van der Waals surface area contributed by atoms with Crippen molar-refractivity contribution in [3.8, 4) is 0 Å². The third-order valence-corrected chi connectivity index (χ3v) is 3.15. The molecule has 1 N–H and O–H groups in total. The number of rotatable bonds is 5. The first-order chi connectivity index (χ1) is 8.42. The lowest BCUT2D eigenvalue weighted by Gasteiger charge is -2.29. The third kappa shape index (κ3) is 3.48. The first kappa shape index (κ1) is 12.5. The molecule has 94 valence electrons. The van der Waals surface area contributed by atoms with Gasteiger partial charge in [0, 0.05) is 24.9 Å². The molecule has 1 aromatic rings. The van der Waals surface area contributed by atoms with Gasteiger partial charge < -0.3 is 10.1 Å². The van der Waals surface area contributed by atoms with E-state index in [1.54, 1.807) is 0 Å². The van der Waals surface area contributed by atoms with Crippen LogP contribution in [0.2, 0.25) is 0 Å². The Morgan fingerprint density at radius 2 is 2.29 bits per heavy atom. The molecule has 0 aromatic carbocycles. The highest BCUT2D eigenvalue weighted by Gasteiger charge is 2.26. The molecule has 1 aliphatic rings. The van der Waals surface area contributed by atoms with E-state index in [1.807, 2.05) is 18.5 Å². The van der Waals surface area contributed by atoms with Gasteiger partial charge in [-0.15, -0.1) is 0 Å². The van der Waals surface area contributed by atoms with E-state index in [1.165, 1.54) is 6.42 Å². The Hall–Kier alpha value is -1.00. The number of nitrogens with zero attached hydrogens (tertiary/aromatic N) is 2. The van der Waals surface area contributed by atoms with Crippen LogP contribution in [0.5, 0.6) is 0 Å². The van der Waals surface area contributed by atoms with Crippen LogP contribution in [-0.2, 0) is 4.74 Å². The lowest BCUT2D eigenvalue weighted by Crippen LogP contribution is -2.35. The fraction of sp³-hybridized carbons (Fsp3) is 0.692. The van der Waals surface area contributed by atoms with Crippen LogP contribution < -0.4 is 5.32 Å². The fourth-order valence-corrected chi connectivity index (χ4v) is 2.27. The highest BCUT2D eigenvalue weighted by Crippen LogP contribution is 2.26. The van der Waals surface area contributed by atoms with Crippen molar-refractivity contribution in [2.45, 2.75) is 32.2 Å². The van der Waals surface area contributed by atoms with Crippen LogP contribution in [0.15, 0.2) is 18.5 Å². The molecule has 2 heterocycles. The highest BCUT2D eigenvalue weighted by atomic mass is 16.5. The fourth-order valence-electron chi connectivity index (χ4n) is 2.27. The first-order valence-corrected chi connectivity index (χ1v) is 6.50. The smallest absolute Gasteiger partial charge is 0.145 e. The van der Waals surface area contributed by atoms with Crippen molar-refractivity contribution in [1.29, 1.82) is 0 Å². The summed E-state index contributed by atoms with van der Waals surface area (Å²) in [5.41, 5.74) is 0. The molecule has 1 aromatic heterocycles. The Labute approximate surface area is 103 Å². The average Bonchev–Trinajstić information content (AvgIpc) is 2.42. The molecule has 1 saturated heterocycles. The Bertz CT molecular complexity index is 312. The predicted molar refractivity (Wildman–Crippen MR) is 66.6 cm³/mol. The molecule has 0 aliphatic carbocycles. The van der Waals surface area contributed by atoms with E-state index in [9.17, 15) is 0 Å². The van der Waals surface area contributed by atoms with Gasteiger partial charge in [-0.25, -0.2) is 9.97 Å². The van der Waals surface area contributed by atoms with Gasteiger partial charge in [0.15, 0.2) is 0 Å². The van der Waals surface area contributed by atoms with Crippen LogP contribution in [0.25, 0.3) is 0 Å². The minimum Gasteiger partial charge on any atom is -0.381 e.